The molecule has 1 heterocycles. The maximum Gasteiger partial charge on any atom is 0.340 e. The third-order valence-electron chi connectivity index (χ3n) is 4.10. The SMILES string of the molecule is Cc1ccccc1C(C)C1=NC(C)(C(C)C)C(=O)O1. The highest BCUT2D eigenvalue weighted by Crippen LogP contribution is 2.33. The Hall–Kier alpha value is -1.64. The van der Waals surface area contributed by atoms with Crippen molar-refractivity contribution in [1.29, 1.82) is 0 Å². The van der Waals surface area contributed by atoms with Crippen molar-refractivity contribution in [1.82, 2.24) is 0 Å². The third-order valence-corrected chi connectivity index (χ3v) is 4.10. The average molecular weight is 259 g/mol. The quantitative estimate of drug-likeness (QED) is 0.780. The van der Waals surface area contributed by atoms with Gasteiger partial charge in [0.1, 0.15) is 0 Å². The minimum Gasteiger partial charge on any atom is -0.409 e. The van der Waals surface area contributed by atoms with E-state index >= 15 is 0 Å². The summed E-state index contributed by atoms with van der Waals surface area (Å²) in [5.74, 6) is 0.431. The minimum absolute atomic E-state index is 0.00530. The first-order valence-electron chi connectivity index (χ1n) is 6.74. The molecule has 2 atom stereocenters. The predicted octanol–water partition coefficient (Wildman–Crippen LogP) is 3.47. The van der Waals surface area contributed by atoms with Crippen molar-refractivity contribution >= 4 is 11.9 Å². The van der Waals surface area contributed by atoms with Gasteiger partial charge in [-0.15, -0.1) is 0 Å². The van der Waals surface area contributed by atoms with Crippen molar-refractivity contribution in [2.45, 2.75) is 46.1 Å². The van der Waals surface area contributed by atoms with Crippen LogP contribution < -0.4 is 0 Å². The number of aryl methyl sites for hydroxylation is 1. The molecule has 0 aliphatic carbocycles. The number of esters is 1. The third kappa shape index (κ3) is 2.29. The molecule has 0 amide bonds. The number of aliphatic imine (C=N–C) groups is 1. The van der Waals surface area contributed by atoms with Crippen molar-refractivity contribution in [3.63, 3.8) is 0 Å². The lowest BCUT2D eigenvalue weighted by atomic mass is 9.90. The molecule has 1 aliphatic heterocycles. The molecule has 3 nitrogen and oxygen atoms in total. The largest absolute Gasteiger partial charge is 0.409 e. The van der Waals surface area contributed by atoms with E-state index in [1.165, 1.54) is 5.56 Å². The van der Waals surface area contributed by atoms with Crippen LogP contribution in [0, 0.1) is 12.8 Å². The second kappa shape index (κ2) is 4.80. The first-order chi connectivity index (χ1) is 8.86. The Labute approximate surface area is 114 Å². The van der Waals surface area contributed by atoms with Gasteiger partial charge in [-0.2, -0.15) is 0 Å². The zero-order chi connectivity index (χ0) is 14.2. The van der Waals surface area contributed by atoms with Crippen LogP contribution in [-0.2, 0) is 9.53 Å². The van der Waals surface area contributed by atoms with E-state index in [0.717, 1.165) is 5.56 Å². The van der Waals surface area contributed by atoms with Crippen LogP contribution in [0.25, 0.3) is 0 Å². The molecule has 1 aliphatic rings. The Morgan fingerprint density at radius 3 is 2.37 bits per heavy atom. The van der Waals surface area contributed by atoms with E-state index in [2.05, 4.69) is 24.0 Å². The summed E-state index contributed by atoms with van der Waals surface area (Å²) < 4.78 is 5.42. The maximum atomic E-state index is 12.0. The lowest BCUT2D eigenvalue weighted by molar-refractivity contribution is -0.140. The number of rotatable bonds is 3. The predicted molar refractivity (Wildman–Crippen MR) is 76.4 cm³/mol. The molecule has 0 saturated heterocycles. The molecule has 3 heteroatoms. The lowest BCUT2D eigenvalue weighted by Crippen LogP contribution is -2.35. The molecule has 1 aromatic rings. The maximum absolute atomic E-state index is 12.0. The highest BCUT2D eigenvalue weighted by molar-refractivity contribution is 6.02. The smallest absolute Gasteiger partial charge is 0.340 e. The zero-order valence-electron chi connectivity index (χ0n) is 12.2. The van der Waals surface area contributed by atoms with Crippen LogP contribution in [0.15, 0.2) is 29.3 Å². The number of nitrogens with zero attached hydrogens (tertiary/aromatic N) is 1. The lowest BCUT2D eigenvalue weighted by Gasteiger charge is -2.19. The number of cyclic esters (lactones) is 1. The fourth-order valence-electron chi connectivity index (χ4n) is 2.25. The molecule has 0 aromatic heterocycles. The van der Waals surface area contributed by atoms with Crippen molar-refractivity contribution in [3.05, 3.63) is 35.4 Å². The summed E-state index contributed by atoms with van der Waals surface area (Å²) in [5, 5.41) is 0. The molecule has 2 rings (SSSR count). The topological polar surface area (TPSA) is 38.7 Å². The summed E-state index contributed by atoms with van der Waals surface area (Å²) in [6, 6.07) is 8.12. The van der Waals surface area contributed by atoms with Crippen molar-refractivity contribution in [2.24, 2.45) is 10.9 Å². The standard InChI is InChI=1S/C16H21NO2/c1-10(2)16(5)15(18)19-14(17-16)12(4)13-9-7-6-8-11(13)3/h6-10,12H,1-5H3. The summed E-state index contributed by atoms with van der Waals surface area (Å²) in [6.07, 6.45) is 0. The Bertz CT molecular complexity index is 533. The normalized spacial score (nSPS) is 24.3. The number of benzene rings is 1. The van der Waals surface area contributed by atoms with Gasteiger partial charge in [-0.25, -0.2) is 9.79 Å². The molecule has 102 valence electrons. The number of hydrogen-bond donors (Lipinski definition) is 0. The first kappa shape index (κ1) is 13.8. The number of ether oxygens (including phenoxy) is 1. The van der Waals surface area contributed by atoms with Crippen LogP contribution in [0.3, 0.4) is 0 Å². The van der Waals surface area contributed by atoms with E-state index in [4.69, 9.17) is 4.74 Å². The van der Waals surface area contributed by atoms with E-state index in [9.17, 15) is 4.79 Å². The van der Waals surface area contributed by atoms with E-state index in [1.807, 2.05) is 39.8 Å². The van der Waals surface area contributed by atoms with Gasteiger partial charge in [-0.05, 0) is 37.8 Å². The van der Waals surface area contributed by atoms with Crippen LogP contribution in [0.1, 0.15) is 44.7 Å². The average Bonchev–Trinajstić information content (AvgIpc) is 2.67. The van der Waals surface area contributed by atoms with Crippen LogP contribution >= 0.6 is 0 Å². The van der Waals surface area contributed by atoms with Gasteiger partial charge in [0.05, 0.1) is 5.92 Å². The van der Waals surface area contributed by atoms with Gasteiger partial charge in [-0.1, -0.05) is 38.1 Å². The van der Waals surface area contributed by atoms with Crippen LogP contribution in [0.4, 0.5) is 0 Å². The van der Waals surface area contributed by atoms with Gasteiger partial charge < -0.3 is 4.74 Å². The van der Waals surface area contributed by atoms with Gasteiger partial charge in [-0.3, -0.25) is 0 Å². The fourth-order valence-corrected chi connectivity index (χ4v) is 2.25. The molecular formula is C16H21NO2. The van der Waals surface area contributed by atoms with E-state index in [-0.39, 0.29) is 17.8 Å². The molecular weight excluding hydrogens is 238 g/mol. The Morgan fingerprint density at radius 1 is 1.21 bits per heavy atom. The van der Waals surface area contributed by atoms with Crippen molar-refractivity contribution < 1.29 is 9.53 Å². The van der Waals surface area contributed by atoms with Crippen LogP contribution in [0.5, 0.6) is 0 Å². The summed E-state index contributed by atoms with van der Waals surface area (Å²) >= 11 is 0. The highest BCUT2D eigenvalue weighted by atomic mass is 16.6. The van der Waals surface area contributed by atoms with E-state index in [1.54, 1.807) is 0 Å². The second-order valence-electron chi connectivity index (χ2n) is 5.72. The number of hydrogen-bond acceptors (Lipinski definition) is 3. The Morgan fingerprint density at radius 2 is 1.84 bits per heavy atom. The molecule has 19 heavy (non-hydrogen) atoms. The van der Waals surface area contributed by atoms with Crippen LogP contribution in [0.2, 0.25) is 0 Å². The molecule has 1 aromatic carbocycles. The molecule has 0 N–H and O–H groups in total. The monoisotopic (exact) mass is 259 g/mol. The molecule has 0 bridgehead atoms. The number of carbonyl (C=O) groups is 1. The van der Waals surface area contributed by atoms with Crippen molar-refractivity contribution in [3.8, 4) is 0 Å². The van der Waals surface area contributed by atoms with Gasteiger partial charge in [0.2, 0.25) is 5.90 Å². The summed E-state index contributed by atoms with van der Waals surface area (Å²) in [6.45, 7) is 9.92. The van der Waals surface area contributed by atoms with E-state index < -0.39 is 5.54 Å². The van der Waals surface area contributed by atoms with Gasteiger partial charge >= 0.3 is 5.97 Å². The summed E-state index contributed by atoms with van der Waals surface area (Å²) in [4.78, 5) is 16.6. The summed E-state index contributed by atoms with van der Waals surface area (Å²) in [7, 11) is 0. The number of carbonyl (C=O) groups excluding carboxylic acids is 1. The van der Waals surface area contributed by atoms with Gasteiger partial charge in [0.15, 0.2) is 5.54 Å². The fraction of sp³-hybridized carbons (Fsp3) is 0.500. The van der Waals surface area contributed by atoms with Gasteiger partial charge in [0.25, 0.3) is 0 Å². The summed E-state index contributed by atoms with van der Waals surface area (Å²) in [5.41, 5.74) is 1.60. The zero-order valence-corrected chi connectivity index (χ0v) is 12.2. The van der Waals surface area contributed by atoms with E-state index in [0.29, 0.717) is 5.90 Å². The molecule has 0 radical (unpaired) electrons. The molecule has 0 fully saturated rings. The molecule has 0 spiro atoms. The Kier molecular flexibility index (Phi) is 3.48. The van der Waals surface area contributed by atoms with Crippen LogP contribution in [-0.4, -0.2) is 17.4 Å². The Balaban J connectivity index is 2.34. The second-order valence-corrected chi connectivity index (χ2v) is 5.72. The molecule has 2 unspecified atom stereocenters. The minimum atomic E-state index is -0.744. The van der Waals surface area contributed by atoms with Crippen molar-refractivity contribution in [2.75, 3.05) is 0 Å². The van der Waals surface area contributed by atoms with Gasteiger partial charge in [0, 0.05) is 0 Å². The molecule has 0 saturated carbocycles. The first-order valence-corrected chi connectivity index (χ1v) is 6.74. The highest BCUT2D eigenvalue weighted by Gasteiger charge is 2.45.